The molecule has 17 heavy (non-hydrogen) atoms. The summed E-state index contributed by atoms with van der Waals surface area (Å²) in [6.07, 6.45) is 0.552. The van der Waals surface area contributed by atoms with Gasteiger partial charge >= 0.3 is 0 Å². The van der Waals surface area contributed by atoms with Crippen molar-refractivity contribution in [3.63, 3.8) is 0 Å². The molecule has 0 bridgehead atoms. The Balaban J connectivity index is 2.26. The van der Waals surface area contributed by atoms with E-state index in [2.05, 4.69) is 15.2 Å². The summed E-state index contributed by atoms with van der Waals surface area (Å²) < 4.78 is 22.8. The summed E-state index contributed by atoms with van der Waals surface area (Å²) >= 11 is 11.5. The second kappa shape index (κ2) is 4.55. The average molecular weight is 297 g/mol. The molecule has 2 heterocycles. The van der Waals surface area contributed by atoms with Crippen LogP contribution in [0.25, 0.3) is 0 Å². The van der Waals surface area contributed by atoms with E-state index in [9.17, 15) is 8.42 Å². The van der Waals surface area contributed by atoms with Crippen LogP contribution in [0.1, 0.15) is 6.42 Å². The first kappa shape index (κ1) is 12.8. The Hall–Kier alpha value is -0.660. The maximum Gasteiger partial charge on any atom is 0.245 e. The van der Waals surface area contributed by atoms with Gasteiger partial charge in [0.25, 0.3) is 0 Å². The van der Waals surface area contributed by atoms with Gasteiger partial charge in [0, 0.05) is 13.1 Å². The van der Waals surface area contributed by atoms with Crippen LogP contribution < -0.4 is 4.90 Å². The van der Waals surface area contributed by atoms with Crippen molar-refractivity contribution >= 4 is 38.9 Å². The molecule has 1 fully saturated rings. The Morgan fingerprint density at radius 3 is 2.65 bits per heavy atom. The molecule has 1 aliphatic rings. The van der Waals surface area contributed by atoms with Crippen molar-refractivity contribution in [3.8, 4) is 0 Å². The van der Waals surface area contributed by atoms with Gasteiger partial charge in [0.1, 0.15) is 0 Å². The Kier molecular flexibility index (Phi) is 3.42. The molecule has 0 radical (unpaired) electrons. The zero-order valence-corrected chi connectivity index (χ0v) is 11.3. The van der Waals surface area contributed by atoms with Crippen LogP contribution in [0.2, 0.25) is 10.4 Å². The van der Waals surface area contributed by atoms with Gasteiger partial charge in [0.05, 0.1) is 11.5 Å². The van der Waals surface area contributed by atoms with Gasteiger partial charge in [-0.1, -0.05) is 11.6 Å². The fourth-order valence-electron chi connectivity index (χ4n) is 1.76. The van der Waals surface area contributed by atoms with E-state index >= 15 is 0 Å². The molecule has 1 atom stereocenters. The Morgan fingerprint density at radius 2 is 2.06 bits per heavy atom. The zero-order chi connectivity index (χ0) is 12.6. The van der Waals surface area contributed by atoms with Crippen molar-refractivity contribution in [1.82, 2.24) is 15.2 Å². The van der Waals surface area contributed by atoms with Crippen LogP contribution in [0.3, 0.4) is 0 Å². The Labute approximate surface area is 109 Å². The summed E-state index contributed by atoms with van der Waals surface area (Å²) in [5, 5.41) is 7.24. The van der Waals surface area contributed by atoms with Crippen LogP contribution in [0.15, 0.2) is 0 Å². The highest BCUT2D eigenvalue weighted by molar-refractivity contribution is 7.91. The molecule has 0 amide bonds. The molecular formula is C8H10Cl2N4O2S. The first-order chi connectivity index (χ1) is 7.89. The number of hydrogen-bond acceptors (Lipinski definition) is 6. The van der Waals surface area contributed by atoms with Gasteiger partial charge < -0.3 is 4.90 Å². The van der Waals surface area contributed by atoms with Gasteiger partial charge in [-0.2, -0.15) is 4.98 Å². The predicted molar refractivity (Wildman–Crippen MR) is 65.3 cm³/mol. The van der Waals surface area contributed by atoms with Gasteiger partial charge in [-0.15, -0.1) is 10.2 Å². The van der Waals surface area contributed by atoms with Crippen LogP contribution in [-0.4, -0.2) is 48.2 Å². The fourth-order valence-corrected chi connectivity index (χ4v) is 3.87. The molecule has 1 aromatic heterocycles. The topological polar surface area (TPSA) is 76.1 Å². The van der Waals surface area contributed by atoms with Gasteiger partial charge in [-0.25, -0.2) is 8.42 Å². The second-order valence-corrected chi connectivity index (χ2v) is 6.79. The molecule has 1 aromatic rings. The molecule has 0 N–H and O–H groups in total. The minimum atomic E-state index is -2.95. The van der Waals surface area contributed by atoms with Crippen LogP contribution in [-0.2, 0) is 9.84 Å². The largest absolute Gasteiger partial charge is 0.353 e. The van der Waals surface area contributed by atoms with Crippen molar-refractivity contribution in [2.75, 3.05) is 23.5 Å². The maximum absolute atomic E-state index is 11.4. The molecule has 1 unspecified atom stereocenters. The number of rotatable bonds is 2. The lowest BCUT2D eigenvalue weighted by molar-refractivity contribution is 0.600. The number of sulfone groups is 1. The lowest BCUT2D eigenvalue weighted by atomic mass is 10.2. The minimum Gasteiger partial charge on any atom is -0.353 e. The van der Waals surface area contributed by atoms with Crippen molar-refractivity contribution < 1.29 is 8.42 Å². The number of nitrogens with zero attached hydrogens (tertiary/aromatic N) is 4. The molecule has 1 saturated heterocycles. The van der Waals surface area contributed by atoms with Gasteiger partial charge in [0.2, 0.25) is 5.28 Å². The van der Waals surface area contributed by atoms with Crippen LogP contribution in [0.4, 0.5) is 5.82 Å². The number of anilines is 1. The number of aromatic nitrogens is 3. The molecule has 0 aliphatic carbocycles. The van der Waals surface area contributed by atoms with Crippen LogP contribution in [0.5, 0.6) is 0 Å². The summed E-state index contributed by atoms with van der Waals surface area (Å²) in [5.41, 5.74) is 0. The highest BCUT2D eigenvalue weighted by atomic mass is 35.5. The van der Waals surface area contributed by atoms with E-state index in [-0.39, 0.29) is 28.0 Å². The molecule has 2 rings (SSSR count). The highest BCUT2D eigenvalue weighted by Crippen LogP contribution is 2.26. The van der Waals surface area contributed by atoms with Crippen molar-refractivity contribution in [2.45, 2.75) is 12.5 Å². The van der Waals surface area contributed by atoms with E-state index in [4.69, 9.17) is 23.2 Å². The van der Waals surface area contributed by atoms with Crippen LogP contribution in [0, 0.1) is 0 Å². The molecule has 0 aromatic carbocycles. The third kappa shape index (κ3) is 2.78. The molecule has 94 valence electrons. The standard InChI is InChI=1S/C8H10Cl2N4O2S/c1-14(5-2-3-17(15,16)4-5)7-6(9)12-13-8(10)11-7/h5H,2-4H2,1H3. The molecule has 9 heteroatoms. The normalized spacial score (nSPS) is 22.6. The van der Waals surface area contributed by atoms with E-state index < -0.39 is 9.84 Å². The lowest BCUT2D eigenvalue weighted by Gasteiger charge is -2.24. The van der Waals surface area contributed by atoms with E-state index in [1.807, 2.05) is 0 Å². The minimum absolute atomic E-state index is 0.0166. The van der Waals surface area contributed by atoms with Gasteiger partial charge in [0.15, 0.2) is 20.8 Å². The van der Waals surface area contributed by atoms with E-state index in [1.54, 1.807) is 11.9 Å². The quantitative estimate of drug-likeness (QED) is 0.803. The number of hydrogen-bond donors (Lipinski definition) is 0. The first-order valence-corrected chi connectivity index (χ1v) is 7.46. The Bertz CT molecular complexity index is 536. The summed E-state index contributed by atoms with van der Waals surface area (Å²) in [7, 11) is -1.23. The van der Waals surface area contributed by atoms with Crippen LogP contribution >= 0.6 is 23.2 Å². The summed E-state index contributed by atoms with van der Waals surface area (Å²) in [6.45, 7) is 0. The van der Waals surface area contributed by atoms with E-state index in [1.165, 1.54) is 0 Å². The Morgan fingerprint density at radius 1 is 1.35 bits per heavy atom. The summed E-state index contributed by atoms with van der Waals surface area (Å²) in [6, 6.07) is -0.148. The first-order valence-electron chi connectivity index (χ1n) is 4.88. The van der Waals surface area contributed by atoms with Gasteiger partial charge in [-0.05, 0) is 18.0 Å². The highest BCUT2D eigenvalue weighted by Gasteiger charge is 2.32. The third-order valence-electron chi connectivity index (χ3n) is 2.69. The van der Waals surface area contributed by atoms with E-state index in [0.717, 1.165) is 0 Å². The van der Waals surface area contributed by atoms with Crippen molar-refractivity contribution in [1.29, 1.82) is 0 Å². The average Bonchev–Trinajstić information content (AvgIpc) is 2.61. The number of halogens is 2. The zero-order valence-electron chi connectivity index (χ0n) is 8.97. The predicted octanol–water partition coefficient (Wildman–Crippen LogP) is 0.802. The molecule has 0 saturated carbocycles. The van der Waals surface area contributed by atoms with Gasteiger partial charge in [-0.3, -0.25) is 0 Å². The fraction of sp³-hybridized carbons (Fsp3) is 0.625. The molecular weight excluding hydrogens is 287 g/mol. The molecule has 1 aliphatic heterocycles. The summed E-state index contributed by atoms with van der Waals surface area (Å²) in [5.74, 6) is 0.640. The third-order valence-corrected chi connectivity index (χ3v) is 4.85. The SMILES string of the molecule is CN(c1nc(Cl)nnc1Cl)C1CCS(=O)(=O)C1. The maximum atomic E-state index is 11.4. The second-order valence-electron chi connectivity index (χ2n) is 3.86. The smallest absolute Gasteiger partial charge is 0.245 e. The van der Waals surface area contributed by atoms with Crippen molar-refractivity contribution in [3.05, 3.63) is 10.4 Å². The summed E-state index contributed by atoms with van der Waals surface area (Å²) in [4.78, 5) is 5.64. The molecule has 0 spiro atoms. The monoisotopic (exact) mass is 296 g/mol. The molecule has 6 nitrogen and oxygen atoms in total. The van der Waals surface area contributed by atoms with E-state index in [0.29, 0.717) is 12.2 Å². The van der Waals surface area contributed by atoms with Crippen molar-refractivity contribution in [2.24, 2.45) is 0 Å². The lowest BCUT2D eigenvalue weighted by Crippen LogP contribution is -2.33.